The van der Waals surface area contributed by atoms with E-state index in [-0.39, 0.29) is 29.8 Å². The van der Waals surface area contributed by atoms with Gasteiger partial charge in [0, 0.05) is 0 Å². The number of aldehydes is 1. The molecule has 2 saturated carbocycles. The van der Waals surface area contributed by atoms with Crippen LogP contribution in [0.25, 0.3) is 0 Å². The number of fused-ring (bicyclic) bond motifs is 3. The summed E-state index contributed by atoms with van der Waals surface area (Å²) in [5.74, 6) is 1.19. The van der Waals surface area contributed by atoms with Crippen LogP contribution in [0, 0.1) is 22.7 Å². The van der Waals surface area contributed by atoms with Crippen LogP contribution in [-0.4, -0.2) is 41.4 Å². The predicted molar refractivity (Wildman–Crippen MR) is 90.6 cm³/mol. The van der Waals surface area contributed by atoms with E-state index in [4.69, 9.17) is 9.47 Å². The zero-order chi connectivity index (χ0) is 17.4. The van der Waals surface area contributed by atoms with Crippen LogP contribution in [0.4, 0.5) is 0 Å². The Morgan fingerprint density at radius 2 is 1.83 bits per heavy atom. The van der Waals surface area contributed by atoms with Gasteiger partial charge in [-0.1, -0.05) is 27.2 Å². The van der Waals surface area contributed by atoms with E-state index in [0.717, 1.165) is 25.0 Å². The summed E-state index contributed by atoms with van der Waals surface area (Å²) in [5.41, 5.74) is -0.397. The first-order valence-electron chi connectivity index (χ1n) is 9.65. The van der Waals surface area contributed by atoms with Crippen LogP contribution in [-0.2, 0) is 14.3 Å². The van der Waals surface area contributed by atoms with Crippen molar-refractivity contribution in [3.8, 4) is 0 Å². The quantitative estimate of drug-likeness (QED) is 0.635. The van der Waals surface area contributed by atoms with Gasteiger partial charge in [-0.2, -0.15) is 0 Å². The Morgan fingerprint density at radius 3 is 2.46 bits per heavy atom. The first-order chi connectivity index (χ1) is 11.2. The van der Waals surface area contributed by atoms with Crippen LogP contribution in [0.1, 0.15) is 66.2 Å². The largest absolute Gasteiger partial charge is 0.394 e. The molecule has 4 heteroatoms. The van der Waals surface area contributed by atoms with Crippen molar-refractivity contribution in [1.82, 2.24) is 0 Å². The molecule has 0 aromatic carbocycles. The fourth-order valence-corrected chi connectivity index (χ4v) is 6.98. The van der Waals surface area contributed by atoms with Crippen molar-refractivity contribution in [2.75, 3.05) is 6.61 Å². The standard InChI is InChI=1S/C20H32O4/c1-17(2)7-5-8-18(3)13(17)6-9-19(4)14(18)10-15(23-19)20(12-22)16(11-21)24-20/h12-16,21H,5-11H2,1-4H3. The van der Waals surface area contributed by atoms with Crippen molar-refractivity contribution in [1.29, 1.82) is 0 Å². The third kappa shape index (κ3) is 2.05. The number of aliphatic hydroxyl groups is 1. The maximum Gasteiger partial charge on any atom is 0.178 e. The van der Waals surface area contributed by atoms with E-state index < -0.39 is 5.60 Å². The van der Waals surface area contributed by atoms with Gasteiger partial charge in [-0.05, 0) is 61.7 Å². The highest BCUT2D eigenvalue weighted by atomic mass is 16.7. The molecule has 136 valence electrons. The van der Waals surface area contributed by atoms with E-state index in [0.29, 0.717) is 11.3 Å². The summed E-state index contributed by atoms with van der Waals surface area (Å²) in [5, 5.41) is 9.42. The summed E-state index contributed by atoms with van der Waals surface area (Å²) in [6.07, 6.45) is 7.31. The summed E-state index contributed by atoms with van der Waals surface area (Å²) >= 11 is 0. The van der Waals surface area contributed by atoms with Gasteiger partial charge in [0.15, 0.2) is 11.9 Å². The average Bonchev–Trinajstić information content (AvgIpc) is 3.13. The van der Waals surface area contributed by atoms with E-state index in [1.807, 2.05) is 0 Å². The second kappa shape index (κ2) is 5.05. The van der Waals surface area contributed by atoms with Crippen molar-refractivity contribution in [3.05, 3.63) is 0 Å². The van der Waals surface area contributed by atoms with Crippen LogP contribution >= 0.6 is 0 Å². The number of hydrogen-bond donors (Lipinski definition) is 1. The molecule has 1 N–H and O–H groups in total. The molecule has 4 fully saturated rings. The fraction of sp³-hybridized carbons (Fsp3) is 0.950. The minimum Gasteiger partial charge on any atom is -0.394 e. The molecule has 0 aromatic rings. The van der Waals surface area contributed by atoms with Crippen LogP contribution in [0.3, 0.4) is 0 Å². The highest BCUT2D eigenvalue weighted by molar-refractivity contribution is 5.69. The summed E-state index contributed by atoms with van der Waals surface area (Å²) in [4.78, 5) is 11.7. The van der Waals surface area contributed by atoms with Gasteiger partial charge in [-0.3, -0.25) is 4.79 Å². The number of carbonyl (C=O) groups excluding carboxylic acids is 1. The Hall–Kier alpha value is -0.450. The maximum atomic E-state index is 11.7. The van der Waals surface area contributed by atoms with E-state index in [9.17, 15) is 9.90 Å². The lowest BCUT2D eigenvalue weighted by Gasteiger charge is -2.60. The van der Waals surface area contributed by atoms with Crippen molar-refractivity contribution in [3.63, 3.8) is 0 Å². The predicted octanol–water partition coefficient (Wildman–Crippen LogP) is 3.11. The van der Waals surface area contributed by atoms with Gasteiger partial charge in [0.2, 0.25) is 0 Å². The van der Waals surface area contributed by atoms with Crippen LogP contribution in [0.15, 0.2) is 0 Å². The molecule has 2 aliphatic heterocycles. The van der Waals surface area contributed by atoms with Gasteiger partial charge in [-0.15, -0.1) is 0 Å². The molecule has 7 unspecified atom stereocenters. The minimum atomic E-state index is -0.898. The lowest BCUT2D eigenvalue weighted by molar-refractivity contribution is -0.160. The molecule has 2 heterocycles. The Kier molecular flexibility index (Phi) is 3.57. The Balaban J connectivity index is 1.65. The third-order valence-corrected chi connectivity index (χ3v) is 8.25. The molecule has 4 nitrogen and oxygen atoms in total. The normalized spacial score (nSPS) is 55.5. The number of epoxide rings is 1. The van der Waals surface area contributed by atoms with E-state index in [1.165, 1.54) is 25.7 Å². The van der Waals surface area contributed by atoms with Gasteiger partial charge >= 0.3 is 0 Å². The number of carbonyl (C=O) groups is 1. The number of hydrogen-bond acceptors (Lipinski definition) is 4. The molecular weight excluding hydrogens is 304 g/mol. The molecule has 2 aliphatic carbocycles. The van der Waals surface area contributed by atoms with Crippen LogP contribution in [0.5, 0.6) is 0 Å². The average molecular weight is 336 g/mol. The molecule has 24 heavy (non-hydrogen) atoms. The molecule has 0 spiro atoms. The van der Waals surface area contributed by atoms with Crippen molar-refractivity contribution in [2.45, 2.75) is 89.6 Å². The monoisotopic (exact) mass is 336 g/mol. The minimum absolute atomic E-state index is 0.104. The zero-order valence-corrected chi connectivity index (χ0v) is 15.5. The maximum absolute atomic E-state index is 11.7. The summed E-state index contributed by atoms with van der Waals surface area (Å²) in [6.45, 7) is 9.48. The SMILES string of the molecule is CC1(C)CCCC2(C)C1CCC1(C)OC(C3(C=O)OC3CO)CC12. The van der Waals surface area contributed by atoms with E-state index in [1.54, 1.807) is 0 Å². The second-order valence-electron chi connectivity index (χ2n) is 9.91. The molecular formula is C20H32O4. The van der Waals surface area contributed by atoms with Gasteiger partial charge in [-0.25, -0.2) is 0 Å². The molecule has 0 radical (unpaired) electrons. The first-order valence-corrected chi connectivity index (χ1v) is 9.65. The smallest absolute Gasteiger partial charge is 0.178 e. The van der Waals surface area contributed by atoms with Crippen molar-refractivity contribution in [2.24, 2.45) is 22.7 Å². The summed E-state index contributed by atoms with van der Waals surface area (Å²) in [6, 6.07) is 0. The third-order valence-electron chi connectivity index (χ3n) is 8.25. The number of aliphatic hydroxyl groups excluding tert-OH is 1. The highest BCUT2D eigenvalue weighted by Crippen LogP contribution is 2.67. The van der Waals surface area contributed by atoms with Gasteiger partial charge < -0.3 is 14.6 Å². The van der Waals surface area contributed by atoms with E-state index >= 15 is 0 Å². The van der Waals surface area contributed by atoms with Crippen LogP contribution < -0.4 is 0 Å². The van der Waals surface area contributed by atoms with Crippen molar-refractivity contribution >= 4 is 6.29 Å². The first kappa shape index (κ1) is 17.0. The van der Waals surface area contributed by atoms with Crippen LogP contribution in [0.2, 0.25) is 0 Å². The lowest BCUT2D eigenvalue weighted by atomic mass is 9.45. The molecule has 0 bridgehead atoms. The van der Waals surface area contributed by atoms with Gasteiger partial charge in [0.25, 0.3) is 0 Å². The molecule has 7 atom stereocenters. The Labute approximate surface area is 145 Å². The molecule has 0 aromatic heterocycles. The Bertz CT molecular complexity index is 546. The summed E-state index contributed by atoms with van der Waals surface area (Å²) in [7, 11) is 0. The van der Waals surface area contributed by atoms with E-state index in [2.05, 4.69) is 27.7 Å². The topological polar surface area (TPSA) is 59.1 Å². The fourth-order valence-electron chi connectivity index (χ4n) is 6.98. The zero-order valence-electron chi connectivity index (χ0n) is 15.5. The Morgan fingerprint density at radius 1 is 1.08 bits per heavy atom. The van der Waals surface area contributed by atoms with Crippen molar-refractivity contribution < 1.29 is 19.4 Å². The molecule has 0 amide bonds. The molecule has 4 aliphatic rings. The second-order valence-corrected chi connectivity index (χ2v) is 9.91. The number of rotatable bonds is 3. The van der Waals surface area contributed by atoms with Gasteiger partial charge in [0.1, 0.15) is 6.10 Å². The molecule has 4 rings (SSSR count). The van der Waals surface area contributed by atoms with Gasteiger partial charge in [0.05, 0.1) is 18.3 Å². The lowest BCUT2D eigenvalue weighted by Crippen LogP contribution is -2.55. The highest BCUT2D eigenvalue weighted by Gasteiger charge is 2.70. The number of ether oxygens (including phenoxy) is 2. The molecule has 2 saturated heterocycles. The summed E-state index contributed by atoms with van der Waals surface area (Å²) < 4.78 is 12.1.